The molecule has 0 bridgehead atoms. The van der Waals surface area contributed by atoms with Gasteiger partial charge in [-0.3, -0.25) is 14.5 Å². The van der Waals surface area contributed by atoms with E-state index in [0.29, 0.717) is 11.3 Å². The molecule has 124 valence electrons. The van der Waals surface area contributed by atoms with E-state index < -0.39 is 16.1 Å². The van der Waals surface area contributed by atoms with Gasteiger partial charge in [0.05, 0.1) is 4.90 Å². The Labute approximate surface area is 153 Å². The standard InChI is InChI=1S/C16H14IN3O3S/c1-10(16(21)19-12-8-6-11(17)7-9-12)18-15-13-4-2-3-5-14(13)24(22,23)20-15/h2-10H,1H3,(H,18,20)(H,19,21)/t10-/m0/s1. The average Bonchev–Trinajstić information content (AvgIpc) is 2.81. The summed E-state index contributed by atoms with van der Waals surface area (Å²) in [6, 6.07) is 13.2. The first-order valence-corrected chi connectivity index (χ1v) is 9.69. The van der Waals surface area contributed by atoms with Crippen LogP contribution < -0.4 is 10.0 Å². The lowest BCUT2D eigenvalue weighted by Crippen LogP contribution is -2.28. The molecule has 1 amide bonds. The lowest BCUT2D eigenvalue weighted by Gasteiger charge is -2.10. The molecule has 0 aliphatic carbocycles. The Hall–Kier alpha value is -1.94. The summed E-state index contributed by atoms with van der Waals surface area (Å²) >= 11 is 2.18. The van der Waals surface area contributed by atoms with Gasteiger partial charge in [0.1, 0.15) is 11.9 Å². The number of nitrogens with zero attached hydrogens (tertiary/aromatic N) is 1. The summed E-state index contributed by atoms with van der Waals surface area (Å²) in [5, 5.41) is 2.76. The van der Waals surface area contributed by atoms with Gasteiger partial charge in [-0.25, -0.2) is 8.42 Å². The van der Waals surface area contributed by atoms with E-state index in [9.17, 15) is 13.2 Å². The summed E-state index contributed by atoms with van der Waals surface area (Å²) in [5.41, 5.74) is 1.14. The van der Waals surface area contributed by atoms with Crippen LogP contribution in [0.4, 0.5) is 5.69 Å². The Morgan fingerprint density at radius 1 is 1.17 bits per heavy atom. The molecule has 2 aromatic rings. The number of fused-ring (bicyclic) bond motifs is 1. The van der Waals surface area contributed by atoms with E-state index in [0.717, 1.165) is 3.57 Å². The van der Waals surface area contributed by atoms with Crippen molar-refractivity contribution in [1.29, 1.82) is 0 Å². The Morgan fingerprint density at radius 3 is 2.54 bits per heavy atom. The Bertz CT molecular complexity index is 924. The number of rotatable bonds is 3. The first-order chi connectivity index (χ1) is 11.4. The molecule has 24 heavy (non-hydrogen) atoms. The van der Waals surface area contributed by atoms with Gasteiger partial charge in [0, 0.05) is 14.8 Å². The smallest absolute Gasteiger partial charge is 0.263 e. The molecule has 1 aliphatic rings. The van der Waals surface area contributed by atoms with Gasteiger partial charge in [0.2, 0.25) is 5.91 Å². The largest absolute Gasteiger partial charge is 0.324 e. The van der Waals surface area contributed by atoms with Crippen LogP contribution in [-0.2, 0) is 14.8 Å². The fourth-order valence-corrected chi connectivity index (χ4v) is 3.86. The minimum atomic E-state index is -3.60. The van der Waals surface area contributed by atoms with Crippen molar-refractivity contribution in [2.24, 2.45) is 4.99 Å². The second-order valence-corrected chi connectivity index (χ2v) is 8.15. The number of sulfonamides is 1. The first kappa shape index (κ1) is 16.9. The predicted octanol–water partition coefficient (Wildman–Crippen LogP) is 2.36. The second-order valence-electron chi connectivity index (χ2n) is 5.25. The molecule has 0 fully saturated rings. The van der Waals surface area contributed by atoms with Gasteiger partial charge in [-0.2, -0.15) is 0 Å². The Morgan fingerprint density at radius 2 is 1.83 bits per heavy atom. The highest BCUT2D eigenvalue weighted by molar-refractivity contribution is 14.1. The van der Waals surface area contributed by atoms with Gasteiger partial charge in [-0.15, -0.1) is 0 Å². The van der Waals surface area contributed by atoms with Gasteiger partial charge in [-0.05, 0) is 65.9 Å². The molecular weight excluding hydrogens is 441 g/mol. The zero-order valence-electron chi connectivity index (χ0n) is 12.7. The highest BCUT2D eigenvalue weighted by atomic mass is 127. The fourth-order valence-electron chi connectivity index (χ4n) is 2.26. The molecule has 1 atom stereocenters. The Balaban J connectivity index is 1.81. The van der Waals surface area contributed by atoms with Crippen molar-refractivity contribution in [3.63, 3.8) is 0 Å². The molecule has 1 aliphatic heterocycles. The quantitative estimate of drug-likeness (QED) is 0.697. The van der Waals surface area contributed by atoms with Gasteiger partial charge < -0.3 is 5.32 Å². The molecule has 0 radical (unpaired) electrons. The number of carbonyl (C=O) groups excluding carboxylic acids is 1. The topological polar surface area (TPSA) is 87.6 Å². The van der Waals surface area contributed by atoms with Gasteiger partial charge >= 0.3 is 0 Å². The van der Waals surface area contributed by atoms with Crippen LogP contribution in [0.2, 0.25) is 0 Å². The van der Waals surface area contributed by atoms with Crippen molar-refractivity contribution in [3.8, 4) is 0 Å². The number of nitrogens with one attached hydrogen (secondary N) is 2. The zero-order chi connectivity index (χ0) is 17.3. The summed E-state index contributed by atoms with van der Waals surface area (Å²) < 4.78 is 27.5. The van der Waals surface area contributed by atoms with Gasteiger partial charge in [0.15, 0.2) is 0 Å². The maximum atomic E-state index is 12.3. The van der Waals surface area contributed by atoms with Crippen molar-refractivity contribution in [3.05, 3.63) is 57.7 Å². The summed E-state index contributed by atoms with van der Waals surface area (Å²) in [6.45, 7) is 1.62. The van der Waals surface area contributed by atoms with E-state index in [4.69, 9.17) is 0 Å². The SMILES string of the molecule is C[C@H](N=C1NS(=O)(=O)c2ccccc21)C(=O)Nc1ccc(I)cc1. The number of hydrogen-bond donors (Lipinski definition) is 2. The molecule has 3 rings (SSSR count). The van der Waals surface area contributed by atoms with E-state index in [1.807, 2.05) is 12.1 Å². The third kappa shape index (κ3) is 3.44. The number of amidine groups is 1. The number of aliphatic imine (C=N–C) groups is 1. The highest BCUT2D eigenvalue weighted by Crippen LogP contribution is 2.22. The molecule has 0 saturated carbocycles. The minimum absolute atomic E-state index is 0.175. The molecule has 0 spiro atoms. The number of halogens is 1. The Kier molecular flexibility index (Phi) is 4.59. The van der Waals surface area contributed by atoms with Crippen LogP contribution in [-0.4, -0.2) is 26.2 Å². The predicted molar refractivity (Wildman–Crippen MR) is 101 cm³/mol. The van der Waals surface area contributed by atoms with Crippen LogP contribution in [0.3, 0.4) is 0 Å². The maximum Gasteiger partial charge on any atom is 0.263 e. The van der Waals surface area contributed by atoms with Crippen molar-refractivity contribution in [1.82, 2.24) is 4.72 Å². The van der Waals surface area contributed by atoms with Crippen LogP contribution in [0, 0.1) is 3.57 Å². The lowest BCUT2D eigenvalue weighted by molar-refractivity contribution is -0.117. The van der Waals surface area contributed by atoms with Crippen LogP contribution >= 0.6 is 22.6 Å². The summed E-state index contributed by atoms with van der Waals surface area (Å²) in [7, 11) is -3.60. The van der Waals surface area contributed by atoms with Crippen LogP contribution in [0.25, 0.3) is 0 Å². The van der Waals surface area contributed by atoms with E-state index >= 15 is 0 Å². The molecular formula is C16H14IN3O3S. The van der Waals surface area contributed by atoms with Crippen molar-refractivity contribution >= 4 is 50.0 Å². The molecule has 2 N–H and O–H groups in total. The summed E-state index contributed by atoms with van der Waals surface area (Å²) in [6.07, 6.45) is 0. The zero-order valence-corrected chi connectivity index (χ0v) is 15.6. The normalized spacial score (nSPS) is 17.8. The lowest BCUT2D eigenvalue weighted by atomic mass is 10.2. The van der Waals surface area contributed by atoms with Crippen LogP contribution in [0.5, 0.6) is 0 Å². The van der Waals surface area contributed by atoms with E-state index in [1.54, 1.807) is 37.3 Å². The van der Waals surface area contributed by atoms with E-state index in [1.165, 1.54) is 6.07 Å². The number of carbonyl (C=O) groups is 1. The third-order valence-corrected chi connectivity index (χ3v) is 5.59. The number of amides is 1. The van der Waals surface area contributed by atoms with E-state index in [2.05, 4.69) is 37.6 Å². The molecule has 0 aromatic heterocycles. The first-order valence-electron chi connectivity index (χ1n) is 7.13. The molecule has 2 aromatic carbocycles. The van der Waals surface area contributed by atoms with E-state index in [-0.39, 0.29) is 16.6 Å². The summed E-state index contributed by atoms with van der Waals surface area (Å²) in [4.78, 5) is 16.7. The average molecular weight is 455 g/mol. The van der Waals surface area contributed by atoms with Crippen LogP contribution in [0.1, 0.15) is 12.5 Å². The minimum Gasteiger partial charge on any atom is -0.324 e. The second kappa shape index (κ2) is 6.52. The van der Waals surface area contributed by atoms with Gasteiger partial charge in [0.25, 0.3) is 10.0 Å². The van der Waals surface area contributed by atoms with Crippen molar-refractivity contribution in [2.75, 3.05) is 5.32 Å². The summed E-state index contributed by atoms with van der Waals surface area (Å²) in [5.74, 6) is -0.122. The molecule has 6 nitrogen and oxygen atoms in total. The van der Waals surface area contributed by atoms with Crippen LogP contribution in [0.15, 0.2) is 58.4 Å². The number of anilines is 1. The molecule has 0 saturated heterocycles. The molecule has 0 unspecified atom stereocenters. The van der Waals surface area contributed by atoms with Crippen molar-refractivity contribution in [2.45, 2.75) is 17.9 Å². The monoisotopic (exact) mass is 455 g/mol. The highest BCUT2D eigenvalue weighted by Gasteiger charge is 2.31. The number of benzene rings is 2. The molecule has 8 heteroatoms. The molecule has 1 heterocycles. The third-order valence-electron chi connectivity index (χ3n) is 3.48. The fraction of sp³-hybridized carbons (Fsp3) is 0.125. The maximum absolute atomic E-state index is 12.3. The van der Waals surface area contributed by atoms with Crippen molar-refractivity contribution < 1.29 is 13.2 Å². The number of hydrogen-bond acceptors (Lipinski definition) is 4. The van der Waals surface area contributed by atoms with Gasteiger partial charge in [-0.1, -0.05) is 12.1 Å².